The molecule has 2 heterocycles. The standard InChI is InChI=1S/C28H31FN4O4/c1-2-36-25(34)15-19-17-28(18-19)11-13-33(14-12-28)22-9-7-21(8-10-22)30-26(35)27-32-31-24(37-27)16-20-5-3-4-6-23(20)29/h3-10,19H,2,11-18H2,1H3,(H,30,35). The van der Waals surface area contributed by atoms with Crippen LogP contribution in [0.25, 0.3) is 0 Å². The van der Waals surface area contributed by atoms with Crippen molar-refractivity contribution in [3.05, 3.63) is 71.7 Å². The van der Waals surface area contributed by atoms with E-state index in [2.05, 4.69) is 20.4 Å². The molecule has 194 valence electrons. The third kappa shape index (κ3) is 5.81. The van der Waals surface area contributed by atoms with Crippen LogP contribution >= 0.6 is 0 Å². The Morgan fingerprint density at radius 3 is 2.54 bits per heavy atom. The van der Waals surface area contributed by atoms with Crippen molar-refractivity contribution in [2.24, 2.45) is 11.3 Å². The first-order valence-corrected chi connectivity index (χ1v) is 12.8. The number of anilines is 2. The van der Waals surface area contributed by atoms with Gasteiger partial charge in [-0.2, -0.15) is 0 Å². The molecule has 1 saturated carbocycles. The van der Waals surface area contributed by atoms with E-state index >= 15 is 0 Å². The number of hydrogen-bond donors (Lipinski definition) is 1. The van der Waals surface area contributed by atoms with E-state index in [9.17, 15) is 14.0 Å². The number of nitrogens with one attached hydrogen (secondary N) is 1. The minimum Gasteiger partial charge on any atom is -0.466 e. The van der Waals surface area contributed by atoms with Gasteiger partial charge in [0.1, 0.15) is 5.82 Å². The summed E-state index contributed by atoms with van der Waals surface area (Å²) in [4.78, 5) is 26.6. The average molecular weight is 507 g/mol. The van der Waals surface area contributed by atoms with Crippen molar-refractivity contribution in [3.63, 3.8) is 0 Å². The van der Waals surface area contributed by atoms with Gasteiger partial charge in [-0.3, -0.25) is 9.59 Å². The van der Waals surface area contributed by atoms with Crippen LogP contribution in [0, 0.1) is 17.2 Å². The molecule has 2 aromatic carbocycles. The summed E-state index contributed by atoms with van der Waals surface area (Å²) in [5.74, 6) is -0.480. The molecule has 0 radical (unpaired) electrons. The fraction of sp³-hybridized carbons (Fsp3) is 0.429. The zero-order valence-electron chi connectivity index (χ0n) is 20.9. The first-order valence-electron chi connectivity index (χ1n) is 12.8. The SMILES string of the molecule is CCOC(=O)CC1CC2(CCN(c3ccc(NC(=O)c4nnc(Cc5ccccc5F)o4)cc3)CC2)C1. The third-order valence-corrected chi connectivity index (χ3v) is 7.48. The van der Waals surface area contributed by atoms with Crippen LogP contribution in [0.1, 0.15) is 61.2 Å². The Morgan fingerprint density at radius 2 is 1.84 bits per heavy atom. The molecule has 1 saturated heterocycles. The van der Waals surface area contributed by atoms with Gasteiger partial charge in [0.05, 0.1) is 13.0 Å². The summed E-state index contributed by atoms with van der Waals surface area (Å²) in [5, 5.41) is 10.4. The highest BCUT2D eigenvalue weighted by molar-refractivity contribution is 6.00. The highest BCUT2D eigenvalue weighted by Gasteiger charge is 2.46. The molecule has 2 fully saturated rings. The molecule has 1 spiro atoms. The third-order valence-electron chi connectivity index (χ3n) is 7.48. The van der Waals surface area contributed by atoms with E-state index in [1.807, 2.05) is 31.2 Å². The number of piperidine rings is 1. The molecule has 3 aromatic rings. The second-order valence-corrected chi connectivity index (χ2v) is 10.0. The molecule has 37 heavy (non-hydrogen) atoms. The summed E-state index contributed by atoms with van der Waals surface area (Å²) in [7, 11) is 0. The van der Waals surface area contributed by atoms with Crippen molar-refractivity contribution in [1.82, 2.24) is 10.2 Å². The minimum atomic E-state index is -0.512. The van der Waals surface area contributed by atoms with Crippen LogP contribution in [-0.2, 0) is 16.0 Å². The molecule has 9 heteroatoms. The summed E-state index contributed by atoms with van der Waals surface area (Å²) >= 11 is 0. The van der Waals surface area contributed by atoms with Crippen LogP contribution in [0.3, 0.4) is 0 Å². The van der Waals surface area contributed by atoms with Crippen molar-refractivity contribution in [2.45, 2.75) is 45.4 Å². The Kier molecular flexibility index (Phi) is 7.21. The van der Waals surface area contributed by atoms with Crippen LogP contribution < -0.4 is 10.2 Å². The normalized spacial score (nSPS) is 16.9. The molecule has 1 amide bonds. The Morgan fingerprint density at radius 1 is 1.11 bits per heavy atom. The van der Waals surface area contributed by atoms with Crippen molar-refractivity contribution >= 4 is 23.3 Å². The zero-order valence-corrected chi connectivity index (χ0v) is 20.9. The highest BCUT2D eigenvalue weighted by Crippen LogP contribution is 2.54. The van der Waals surface area contributed by atoms with Crippen LogP contribution in [0.2, 0.25) is 0 Å². The average Bonchev–Trinajstić information content (AvgIpc) is 3.34. The largest absolute Gasteiger partial charge is 0.466 e. The van der Waals surface area contributed by atoms with E-state index in [0.717, 1.165) is 44.5 Å². The number of ether oxygens (including phenoxy) is 1. The number of carbonyl (C=O) groups is 2. The van der Waals surface area contributed by atoms with Gasteiger partial charge in [-0.25, -0.2) is 4.39 Å². The monoisotopic (exact) mass is 506 g/mol. The molecule has 0 bridgehead atoms. The van der Waals surface area contributed by atoms with Crippen molar-refractivity contribution in [1.29, 1.82) is 0 Å². The lowest BCUT2D eigenvalue weighted by Gasteiger charge is -2.52. The molecule has 2 aliphatic rings. The van der Waals surface area contributed by atoms with Crippen LogP contribution in [0.5, 0.6) is 0 Å². The molecule has 1 aromatic heterocycles. The first-order chi connectivity index (χ1) is 17.9. The first kappa shape index (κ1) is 24.9. The molecular formula is C28H31FN4O4. The summed E-state index contributed by atoms with van der Waals surface area (Å²) in [6, 6.07) is 14.0. The zero-order chi connectivity index (χ0) is 25.8. The highest BCUT2D eigenvalue weighted by atomic mass is 19.1. The molecule has 5 rings (SSSR count). The van der Waals surface area contributed by atoms with Gasteiger partial charge < -0.3 is 19.4 Å². The fourth-order valence-corrected chi connectivity index (χ4v) is 5.57. The van der Waals surface area contributed by atoms with Crippen LogP contribution in [-0.4, -0.2) is 41.8 Å². The van der Waals surface area contributed by atoms with Crippen LogP contribution in [0.4, 0.5) is 15.8 Å². The Hall–Kier alpha value is -3.75. The van der Waals surface area contributed by atoms with Gasteiger partial charge in [-0.05, 0) is 79.8 Å². The predicted octanol–water partition coefficient (Wildman–Crippen LogP) is 5.00. The van der Waals surface area contributed by atoms with E-state index in [0.29, 0.717) is 35.6 Å². The molecule has 1 N–H and O–H groups in total. The van der Waals surface area contributed by atoms with Gasteiger partial charge in [-0.15, -0.1) is 10.2 Å². The van der Waals surface area contributed by atoms with E-state index in [-0.39, 0.29) is 30.0 Å². The van der Waals surface area contributed by atoms with Crippen molar-refractivity contribution in [2.75, 3.05) is 29.9 Å². The van der Waals surface area contributed by atoms with E-state index in [1.54, 1.807) is 18.2 Å². The van der Waals surface area contributed by atoms with Gasteiger partial charge in [0, 0.05) is 30.9 Å². The number of carbonyl (C=O) groups excluding carboxylic acids is 2. The smallest absolute Gasteiger partial charge is 0.313 e. The molecule has 1 aliphatic heterocycles. The number of esters is 1. The number of benzene rings is 2. The molecule has 0 unspecified atom stereocenters. The number of rotatable bonds is 8. The van der Waals surface area contributed by atoms with E-state index in [4.69, 9.17) is 9.15 Å². The number of halogens is 1. The molecule has 8 nitrogen and oxygen atoms in total. The maximum Gasteiger partial charge on any atom is 0.313 e. The van der Waals surface area contributed by atoms with E-state index < -0.39 is 5.91 Å². The number of nitrogens with zero attached hydrogens (tertiary/aromatic N) is 3. The van der Waals surface area contributed by atoms with Gasteiger partial charge in [-0.1, -0.05) is 18.2 Å². The number of hydrogen-bond acceptors (Lipinski definition) is 7. The van der Waals surface area contributed by atoms with Gasteiger partial charge in [0.25, 0.3) is 0 Å². The summed E-state index contributed by atoms with van der Waals surface area (Å²) < 4.78 is 24.4. The number of aromatic nitrogens is 2. The maximum atomic E-state index is 13.8. The predicted molar refractivity (Wildman–Crippen MR) is 136 cm³/mol. The van der Waals surface area contributed by atoms with Gasteiger partial charge >= 0.3 is 17.8 Å². The second kappa shape index (κ2) is 10.7. The van der Waals surface area contributed by atoms with Gasteiger partial charge in [0.2, 0.25) is 5.89 Å². The lowest BCUT2D eigenvalue weighted by atomic mass is 9.57. The Bertz CT molecular complexity index is 1240. The molecule has 1 aliphatic carbocycles. The quantitative estimate of drug-likeness (QED) is 0.429. The molecular weight excluding hydrogens is 475 g/mol. The fourth-order valence-electron chi connectivity index (χ4n) is 5.57. The Labute approximate surface area is 215 Å². The van der Waals surface area contributed by atoms with Gasteiger partial charge in [0.15, 0.2) is 0 Å². The van der Waals surface area contributed by atoms with Crippen molar-refractivity contribution in [3.8, 4) is 0 Å². The summed E-state index contributed by atoms with van der Waals surface area (Å²) in [6.45, 7) is 4.25. The van der Waals surface area contributed by atoms with E-state index in [1.165, 1.54) is 6.07 Å². The lowest BCUT2D eigenvalue weighted by molar-refractivity contribution is -0.146. The Balaban J connectivity index is 1.10. The second-order valence-electron chi connectivity index (χ2n) is 10.0. The number of amides is 1. The summed E-state index contributed by atoms with van der Waals surface area (Å²) in [5.41, 5.74) is 2.53. The molecule has 0 atom stereocenters. The minimum absolute atomic E-state index is 0.0749. The van der Waals surface area contributed by atoms with Crippen molar-refractivity contribution < 1.29 is 23.1 Å². The lowest BCUT2D eigenvalue weighted by Crippen LogP contribution is -2.47. The summed E-state index contributed by atoms with van der Waals surface area (Å²) in [6.07, 6.45) is 5.13. The van der Waals surface area contributed by atoms with Crippen LogP contribution in [0.15, 0.2) is 52.9 Å². The maximum absolute atomic E-state index is 13.8. The topological polar surface area (TPSA) is 97.6 Å².